The van der Waals surface area contributed by atoms with Crippen molar-refractivity contribution < 1.29 is 10.2 Å². The van der Waals surface area contributed by atoms with Crippen LogP contribution in [-0.2, 0) is 13.0 Å². The molecule has 0 amide bonds. The van der Waals surface area contributed by atoms with Gasteiger partial charge in [-0.05, 0) is 43.2 Å². The molecule has 0 atom stereocenters. The van der Waals surface area contributed by atoms with E-state index in [2.05, 4.69) is 10.3 Å². The first-order chi connectivity index (χ1) is 9.19. The van der Waals surface area contributed by atoms with Crippen LogP contribution in [0.2, 0.25) is 0 Å². The first-order valence-corrected chi connectivity index (χ1v) is 6.28. The number of benzene rings is 1. The second kappa shape index (κ2) is 6.20. The van der Waals surface area contributed by atoms with Gasteiger partial charge in [0, 0.05) is 18.0 Å². The van der Waals surface area contributed by atoms with Crippen LogP contribution in [0.1, 0.15) is 17.0 Å². The van der Waals surface area contributed by atoms with Crippen molar-refractivity contribution in [2.24, 2.45) is 0 Å². The number of aliphatic hydroxyl groups is 1. The molecule has 1 aromatic carbocycles. The van der Waals surface area contributed by atoms with Crippen molar-refractivity contribution in [1.29, 1.82) is 0 Å². The molecule has 100 valence electrons. The zero-order valence-electron chi connectivity index (χ0n) is 10.9. The third kappa shape index (κ3) is 3.69. The van der Waals surface area contributed by atoms with Gasteiger partial charge in [0.1, 0.15) is 11.4 Å². The molecule has 2 rings (SSSR count). The van der Waals surface area contributed by atoms with Crippen LogP contribution in [-0.4, -0.2) is 21.8 Å². The molecule has 0 fully saturated rings. The Hall–Kier alpha value is -2.07. The average molecular weight is 258 g/mol. The molecule has 4 heteroatoms. The van der Waals surface area contributed by atoms with Crippen molar-refractivity contribution in [3.8, 4) is 5.75 Å². The van der Waals surface area contributed by atoms with Crippen LogP contribution in [0.3, 0.4) is 0 Å². The van der Waals surface area contributed by atoms with Crippen LogP contribution in [0.15, 0.2) is 36.4 Å². The van der Waals surface area contributed by atoms with E-state index in [4.69, 9.17) is 5.11 Å². The smallest absolute Gasteiger partial charge is 0.138 e. The van der Waals surface area contributed by atoms with Crippen LogP contribution in [0.4, 0.5) is 5.69 Å². The Morgan fingerprint density at radius 2 is 1.84 bits per heavy atom. The predicted octanol–water partition coefficient (Wildman–Crippen LogP) is 2.24. The number of aromatic hydroxyl groups is 1. The number of pyridine rings is 1. The third-order valence-corrected chi connectivity index (χ3v) is 2.90. The lowest BCUT2D eigenvalue weighted by molar-refractivity contribution is 0.299. The molecule has 0 aliphatic carbocycles. The van der Waals surface area contributed by atoms with Crippen molar-refractivity contribution in [1.82, 2.24) is 4.98 Å². The number of anilines is 1. The Morgan fingerprint density at radius 1 is 1.11 bits per heavy atom. The van der Waals surface area contributed by atoms with Crippen molar-refractivity contribution in [3.63, 3.8) is 0 Å². The maximum atomic E-state index is 9.70. The van der Waals surface area contributed by atoms with Gasteiger partial charge in [0.25, 0.3) is 0 Å². The van der Waals surface area contributed by atoms with E-state index in [0.29, 0.717) is 18.7 Å². The topological polar surface area (TPSA) is 65.4 Å². The summed E-state index contributed by atoms with van der Waals surface area (Å²) < 4.78 is 0. The second-order valence-corrected chi connectivity index (χ2v) is 4.44. The molecular formula is C15H18N2O2. The number of aromatic nitrogens is 1. The number of aliphatic hydroxyl groups excluding tert-OH is 1. The first-order valence-electron chi connectivity index (χ1n) is 6.28. The summed E-state index contributed by atoms with van der Waals surface area (Å²) in [7, 11) is 0. The lowest BCUT2D eigenvalue weighted by atomic mass is 10.1. The quantitative estimate of drug-likeness (QED) is 0.769. The Bertz CT molecular complexity index is 538. The molecule has 3 N–H and O–H groups in total. The number of rotatable bonds is 5. The molecular weight excluding hydrogens is 240 g/mol. The highest BCUT2D eigenvalue weighted by Gasteiger charge is 2.03. The molecule has 0 bridgehead atoms. The van der Waals surface area contributed by atoms with Gasteiger partial charge in [-0.3, -0.25) is 4.98 Å². The molecule has 0 unspecified atom stereocenters. The normalized spacial score (nSPS) is 10.4. The van der Waals surface area contributed by atoms with E-state index >= 15 is 0 Å². The highest BCUT2D eigenvalue weighted by Crippen LogP contribution is 2.17. The largest absolute Gasteiger partial charge is 0.506 e. The van der Waals surface area contributed by atoms with Crippen LogP contribution < -0.4 is 5.32 Å². The van der Waals surface area contributed by atoms with E-state index in [9.17, 15) is 5.11 Å². The Kier molecular flexibility index (Phi) is 4.36. The lowest BCUT2D eigenvalue weighted by Crippen LogP contribution is -2.03. The van der Waals surface area contributed by atoms with E-state index in [0.717, 1.165) is 16.9 Å². The summed E-state index contributed by atoms with van der Waals surface area (Å²) in [5, 5.41) is 21.8. The highest BCUT2D eigenvalue weighted by molar-refractivity contribution is 5.45. The van der Waals surface area contributed by atoms with Crippen LogP contribution in [0, 0.1) is 6.92 Å². The predicted molar refractivity (Wildman–Crippen MR) is 75.2 cm³/mol. The first kappa shape index (κ1) is 13.4. The van der Waals surface area contributed by atoms with E-state index in [-0.39, 0.29) is 12.4 Å². The fraction of sp³-hybridized carbons (Fsp3) is 0.267. The van der Waals surface area contributed by atoms with Gasteiger partial charge in [-0.15, -0.1) is 0 Å². The van der Waals surface area contributed by atoms with E-state index < -0.39 is 0 Å². The summed E-state index contributed by atoms with van der Waals surface area (Å²) >= 11 is 0. The third-order valence-electron chi connectivity index (χ3n) is 2.90. The summed E-state index contributed by atoms with van der Waals surface area (Å²) in [6.45, 7) is 2.54. The Balaban J connectivity index is 2.00. The van der Waals surface area contributed by atoms with Crippen molar-refractivity contribution in [2.75, 3.05) is 11.9 Å². The molecule has 4 nitrogen and oxygen atoms in total. The molecule has 1 aromatic heterocycles. The second-order valence-electron chi connectivity index (χ2n) is 4.44. The van der Waals surface area contributed by atoms with E-state index in [1.165, 1.54) is 0 Å². The van der Waals surface area contributed by atoms with Gasteiger partial charge in [0.2, 0.25) is 0 Å². The van der Waals surface area contributed by atoms with Crippen molar-refractivity contribution in [3.05, 3.63) is 53.3 Å². The zero-order chi connectivity index (χ0) is 13.7. The lowest BCUT2D eigenvalue weighted by Gasteiger charge is -2.09. The molecule has 0 saturated carbocycles. The number of aryl methyl sites for hydroxylation is 1. The molecule has 1 heterocycles. The monoisotopic (exact) mass is 258 g/mol. The molecule has 2 aromatic rings. The Morgan fingerprint density at radius 3 is 2.53 bits per heavy atom. The molecule has 0 aliphatic rings. The minimum atomic E-state index is 0.161. The van der Waals surface area contributed by atoms with Gasteiger partial charge in [-0.2, -0.15) is 0 Å². The van der Waals surface area contributed by atoms with Gasteiger partial charge in [0.05, 0.1) is 6.54 Å². The summed E-state index contributed by atoms with van der Waals surface area (Å²) in [5.41, 5.74) is 3.58. The standard InChI is InChI=1S/C15H18N2O2/c1-11-2-7-15(19)14(17-11)10-16-13-5-3-12(4-6-13)8-9-18/h2-7,16,18-19H,8-10H2,1H3. The molecule has 0 saturated heterocycles. The number of nitrogens with one attached hydrogen (secondary N) is 1. The van der Waals surface area contributed by atoms with Crippen molar-refractivity contribution >= 4 is 5.69 Å². The molecule has 0 spiro atoms. The van der Waals surface area contributed by atoms with Crippen molar-refractivity contribution in [2.45, 2.75) is 19.9 Å². The molecule has 0 radical (unpaired) electrons. The van der Waals surface area contributed by atoms with Crippen LogP contribution in [0.25, 0.3) is 0 Å². The summed E-state index contributed by atoms with van der Waals surface area (Å²) in [6, 6.07) is 11.3. The number of nitrogens with zero attached hydrogens (tertiary/aromatic N) is 1. The average Bonchev–Trinajstić information content (AvgIpc) is 2.42. The maximum absolute atomic E-state index is 9.70. The van der Waals surface area contributed by atoms with Gasteiger partial charge < -0.3 is 15.5 Å². The van der Waals surface area contributed by atoms with Crippen LogP contribution in [0.5, 0.6) is 5.75 Å². The highest BCUT2D eigenvalue weighted by atomic mass is 16.3. The van der Waals surface area contributed by atoms with Gasteiger partial charge in [-0.25, -0.2) is 0 Å². The number of hydrogen-bond donors (Lipinski definition) is 3. The van der Waals surface area contributed by atoms with Gasteiger partial charge in [-0.1, -0.05) is 12.1 Å². The molecule has 19 heavy (non-hydrogen) atoms. The minimum Gasteiger partial charge on any atom is -0.506 e. The number of hydrogen-bond acceptors (Lipinski definition) is 4. The minimum absolute atomic E-state index is 0.161. The Labute approximate surface area is 112 Å². The van der Waals surface area contributed by atoms with Crippen LogP contribution >= 0.6 is 0 Å². The van der Waals surface area contributed by atoms with E-state index in [1.807, 2.05) is 31.2 Å². The van der Waals surface area contributed by atoms with E-state index in [1.54, 1.807) is 12.1 Å². The summed E-state index contributed by atoms with van der Waals surface area (Å²) in [5.74, 6) is 0.204. The zero-order valence-corrected chi connectivity index (χ0v) is 10.9. The fourth-order valence-corrected chi connectivity index (χ4v) is 1.84. The molecule has 0 aliphatic heterocycles. The summed E-state index contributed by atoms with van der Waals surface area (Å²) in [6.07, 6.45) is 0.667. The fourth-order valence-electron chi connectivity index (χ4n) is 1.84. The van der Waals surface area contributed by atoms with Gasteiger partial charge >= 0.3 is 0 Å². The SMILES string of the molecule is Cc1ccc(O)c(CNc2ccc(CCO)cc2)n1. The summed E-state index contributed by atoms with van der Waals surface area (Å²) in [4.78, 5) is 4.29. The maximum Gasteiger partial charge on any atom is 0.138 e. The van der Waals surface area contributed by atoms with Gasteiger partial charge in [0.15, 0.2) is 0 Å².